The Hall–Kier alpha value is -1.97. The Balaban J connectivity index is 2.41. The Morgan fingerprint density at radius 3 is 2.71 bits per heavy atom. The molecule has 0 spiro atoms. The van der Waals surface area contributed by atoms with Crippen LogP contribution in [0, 0.1) is 0 Å². The van der Waals surface area contributed by atoms with Gasteiger partial charge < -0.3 is 14.8 Å². The predicted octanol–water partition coefficient (Wildman–Crippen LogP) is 1.61. The molecule has 1 aliphatic rings. The second kappa shape index (κ2) is 4.91. The summed E-state index contributed by atoms with van der Waals surface area (Å²) in [5.74, 6) is 1.32. The number of hydrogen-bond donors (Lipinski definition) is 1. The van der Waals surface area contributed by atoms with Gasteiger partial charge in [0.2, 0.25) is 5.91 Å². The van der Waals surface area contributed by atoms with Crippen LogP contribution in [0.2, 0.25) is 0 Å². The second-order valence-corrected chi connectivity index (χ2v) is 3.76. The number of amides is 1. The Labute approximate surface area is 100 Å². The van der Waals surface area contributed by atoms with E-state index in [-0.39, 0.29) is 5.91 Å². The molecule has 1 aliphatic heterocycles. The molecular weight excluding hydrogens is 218 g/mol. The van der Waals surface area contributed by atoms with Crippen LogP contribution < -0.4 is 14.8 Å². The third-order valence-corrected chi connectivity index (χ3v) is 2.73. The van der Waals surface area contributed by atoms with Crippen molar-refractivity contribution in [2.45, 2.75) is 6.42 Å². The zero-order chi connectivity index (χ0) is 12.3. The highest BCUT2D eigenvalue weighted by Gasteiger charge is 2.17. The van der Waals surface area contributed by atoms with Crippen LogP contribution in [-0.2, 0) is 4.79 Å². The highest BCUT2D eigenvalue weighted by Crippen LogP contribution is 2.32. The van der Waals surface area contributed by atoms with E-state index in [9.17, 15) is 4.79 Å². The molecule has 90 valence electrons. The average molecular weight is 233 g/mol. The van der Waals surface area contributed by atoms with Gasteiger partial charge in [-0.3, -0.25) is 4.79 Å². The molecule has 0 bridgehead atoms. The summed E-state index contributed by atoms with van der Waals surface area (Å²) >= 11 is 0. The average Bonchev–Trinajstić information content (AvgIpc) is 2.74. The van der Waals surface area contributed by atoms with Crippen LogP contribution in [-0.4, -0.2) is 26.7 Å². The zero-order valence-electron chi connectivity index (χ0n) is 9.95. The Kier molecular flexibility index (Phi) is 3.32. The number of benzene rings is 1. The topological polar surface area (TPSA) is 47.6 Å². The molecule has 4 heteroatoms. The van der Waals surface area contributed by atoms with Crippen molar-refractivity contribution in [2.75, 3.05) is 20.8 Å². The van der Waals surface area contributed by atoms with Crippen molar-refractivity contribution in [1.82, 2.24) is 5.32 Å². The van der Waals surface area contributed by atoms with Gasteiger partial charge in [0.25, 0.3) is 0 Å². The van der Waals surface area contributed by atoms with Gasteiger partial charge in [-0.2, -0.15) is 0 Å². The summed E-state index contributed by atoms with van der Waals surface area (Å²) in [5.41, 5.74) is 1.63. The van der Waals surface area contributed by atoms with Gasteiger partial charge in [-0.15, -0.1) is 0 Å². The highest BCUT2D eigenvalue weighted by atomic mass is 16.5. The van der Waals surface area contributed by atoms with E-state index in [0.29, 0.717) is 18.0 Å². The predicted molar refractivity (Wildman–Crippen MR) is 65.1 cm³/mol. The first kappa shape index (κ1) is 11.5. The van der Waals surface area contributed by atoms with E-state index in [4.69, 9.17) is 9.47 Å². The Morgan fingerprint density at radius 2 is 2.12 bits per heavy atom. The first-order valence-corrected chi connectivity index (χ1v) is 5.46. The fourth-order valence-electron chi connectivity index (χ4n) is 1.89. The fraction of sp³-hybridized carbons (Fsp3) is 0.308. The van der Waals surface area contributed by atoms with E-state index in [2.05, 4.69) is 5.32 Å². The largest absolute Gasteiger partial charge is 0.493 e. The van der Waals surface area contributed by atoms with Gasteiger partial charge in [-0.25, -0.2) is 0 Å². The van der Waals surface area contributed by atoms with Crippen LogP contribution in [0.3, 0.4) is 0 Å². The zero-order valence-corrected chi connectivity index (χ0v) is 9.95. The van der Waals surface area contributed by atoms with Gasteiger partial charge in [0.15, 0.2) is 11.5 Å². The van der Waals surface area contributed by atoms with E-state index in [0.717, 1.165) is 17.6 Å². The van der Waals surface area contributed by atoms with Crippen molar-refractivity contribution in [2.24, 2.45) is 0 Å². The molecule has 1 amide bonds. The molecule has 0 atom stereocenters. The third kappa shape index (κ3) is 2.25. The van der Waals surface area contributed by atoms with Crippen molar-refractivity contribution in [1.29, 1.82) is 0 Å². The lowest BCUT2D eigenvalue weighted by Crippen LogP contribution is -2.14. The number of nitrogens with one attached hydrogen (secondary N) is 1. The molecule has 4 nitrogen and oxygen atoms in total. The maximum atomic E-state index is 11.5. The molecule has 1 saturated heterocycles. The van der Waals surface area contributed by atoms with Crippen molar-refractivity contribution < 1.29 is 14.3 Å². The van der Waals surface area contributed by atoms with E-state index in [1.807, 2.05) is 24.3 Å². The number of rotatable bonds is 3. The maximum Gasteiger partial charge on any atom is 0.247 e. The van der Waals surface area contributed by atoms with Crippen molar-refractivity contribution in [3.8, 4) is 11.5 Å². The Morgan fingerprint density at radius 1 is 1.29 bits per heavy atom. The molecule has 1 fully saturated rings. The Bertz CT molecular complexity index is 466. The first-order valence-electron chi connectivity index (χ1n) is 5.46. The normalized spacial score (nSPS) is 17.1. The smallest absolute Gasteiger partial charge is 0.247 e. The minimum atomic E-state index is -0.00475. The number of methoxy groups -OCH3 is 2. The molecule has 0 aromatic heterocycles. The molecule has 1 aromatic rings. The summed E-state index contributed by atoms with van der Waals surface area (Å²) in [6.45, 7) is 0.705. The van der Waals surface area contributed by atoms with Crippen LogP contribution in [0.15, 0.2) is 23.8 Å². The van der Waals surface area contributed by atoms with Crippen molar-refractivity contribution in [3.63, 3.8) is 0 Å². The maximum absolute atomic E-state index is 11.5. The SMILES string of the molecule is COc1cccc(C=C2CCNC2=O)c1OC. The van der Waals surface area contributed by atoms with Crippen LogP contribution >= 0.6 is 0 Å². The lowest BCUT2D eigenvalue weighted by Gasteiger charge is -2.10. The second-order valence-electron chi connectivity index (χ2n) is 3.76. The summed E-state index contributed by atoms with van der Waals surface area (Å²) in [6.07, 6.45) is 2.60. The molecule has 0 unspecified atom stereocenters. The fourth-order valence-corrected chi connectivity index (χ4v) is 1.89. The van der Waals surface area contributed by atoms with Gasteiger partial charge >= 0.3 is 0 Å². The first-order chi connectivity index (χ1) is 8.26. The molecule has 0 aliphatic carbocycles. The molecule has 1 heterocycles. The molecular formula is C13H15NO3. The number of hydrogen-bond acceptors (Lipinski definition) is 3. The quantitative estimate of drug-likeness (QED) is 0.807. The number of para-hydroxylation sites is 1. The summed E-state index contributed by atoms with van der Waals surface area (Å²) in [7, 11) is 3.19. The summed E-state index contributed by atoms with van der Waals surface area (Å²) < 4.78 is 10.5. The van der Waals surface area contributed by atoms with Gasteiger partial charge in [-0.05, 0) is 18.6 Å². The monoisotopic (exact) mass is 233 g/mol. The molecule has 2 rings (SSSR count). The van der Waals surface area contributed by atoms with Crippen LogP contribution in [0.4, 0.5) is 0 Å². The van der Waals surface area contributed by atoms with Gasteiger partial charge in [0.1, 0.15) is 0 Å². The van der Waals surface area contributed by atoms with Crippen LogP contribution in [0.25, 0.3) is 6.08 Å². The molecule has 1 N–H and O–H groups in total. The van der Waals surface area contributed by atoms with Gasteiger partial charge in [0.05, 0.1) is 14.2 Å². The summed E-state index contributed by atoms with van der Waals surface area (Å²) in [5, 5.41) is 2.78. The van der Waals surface area contributed by atoms with E-state index in [1.54, 1.807) is 14.2 Å². The van der Waals surface area contributed by atoms with E-state index < -0.39 is 0 Å². The van der Waals surface area contributed by atoms with Gasteiger partial charge in [0, 0.05) is 17.7 Å². The van der Waals surface area contributed by atoms with Crippen molar-refractivity contribution >= 4 is 12.0 Å². The van der Waals surface area contributed by atoms with Gasteiger partial charge in [-0.1, -0.05) is 12.1 Å². The van der Waals surface area contributed by atoms with Crippen LogP contribution in [0.1, 0.15) is 12.0 Å². The van der Waals surface area contributed by atoms with E-state index in [1.165, 1.54) is 0 Å². The molecule has 17 heavy (non-hydrogen) atoms. The number of carbonyl (C=O) groups is 1. The van der Waals surface area contributed by atoms with E-state index >= 15 is 0 Å². The molecule has 0 radical (unpaired) electrons. The van der Waals surface area contributed by atoms with Crippen molar-refractivity contribution in [3.05, 3.63) is 29.3 Å². The standard InChI is InChI=1S/C13H15NO3/c1-16-11-5-3-4-9(12(11)17-2)8-10-6-7-14-13(10)15/h3-5,8H,6-7H2,1-2H3,(H,14,15). The third-order valence-electron chi connectivity index (χ3n) is 2.73. The summed E-state index contributed by atoms with van der Waals surface area (Å²) in [4.78, 5) is 11.5. The minimum absolute atomic E-state index is 0.00475. The number of carbonyl (C=O) groups excluding carboxylic acids is 1. The minimum Gasteiger partial charge on any atom is -0.493 e. The number of ether oxygens (including phenoxy) is 2. The summed E-state index contributed by atoms with van der Waals surface area (Å²) in [6, 6.07) is 5.61. The molecule has 0 saturated carbocycles. The lowest BCUT2D eigenvalue weighted by molar-refractivity contribution is -0.116. The lowest BCUT2D eigenvalue weighted by atomic mass is 10.1. The molecule has 1 aromatic carbocycles. The van der Waals surface area contributed by atoms with Crippen LogP contribution in [0.5, 0.6) is 11.5 Å². The highest BCUT2D eigenvalue weighted by molar-refractivity contribution is 6.00.